The predicted octanol–water partition coefficient (Wildman–Crippen LogP) is 5.16. The van der Waals surface area contributed by atoms with Crippen LogP contribution < -0.4 is 10.3 Å². The lowest BCUT2D eigenvalue weighted by Gasteiger charge is -2.05. The molecule has 4 aromatic rings. The van der Waals surface area contributed by atoms with Crippen LogP contribution >= 0.6 is 0 Å². The summed E-state index contributed by atoms with van der Waals surface area (Å²) in [4.78, 5) is 30.1. The molecule has 0 unspecified atom stereocenters. The second kappa shape index (κ2) is 10.0. The van der Waals surface area contributed by atoms with E-state index in [4.69, 9.17) is 9.47 Å². The topological polar surface area (TPSA) is 85.7 Å². The Bertz CT molecular complexity index is 1370. The van der Waals surface area contributed by atoms with E-state index < -0.39 is 0 Å². The Morgan fingerprint density at radius 2 is 1.65 bits per heavy atom. The highest BCUT2D eigenvalue weighted by atomic mass is 16.5. The molecule has 1 aromatic heterocycles. The zero-order valence-corrected chi connectivity index (χ0v) is 19.2. The van der Waals surface area contributed by atoms with Crippen molar-refractivity contribution >= 4 is 17.4 Å². The number of carbonyl (C=O) groups excluding carboxylic acids is 1. The molecule has 34 heavy (non-hydrogen) atoms. The molecule has 0 saturated heterocycles. The summed E-state index contributed by atoms with van der Waals surface area (Å²) < 4.78 is 11.8. The molecule has 0 saturated carbocycles. The summed E-state index contributed by atoms with van der Waals surface area (Å²) in [6.45, 7) is 3.87. The average Bonchev–Trinajstić information content (AvgIpc) is 3.22. The Balaban J connectivity index is 1.79. The molecule has 4 rings (SSSR count). The van der Waals surface area contributed by atoms with Crippen molar-refractivity contribution < 1.29 is 14.3 Å². The number of nitrogens with one attached hydrogen (secondary N) is 1. The minimum absolute atomic E-state index is 0.207. The summed E-state index contributed by atoms with van der Waals surface area (Å²) >= 11 is 0. The van der Waals surface area contributed by atoms with Gasteiger partial charge in [0.15, 0.2) is 0 Å². The number of esters is 1. The number of nitrogens with zero attached hydrogens (tertiary/aromatic N) is 2. The second-order valence-corrected chi connectivity index (χ2v) is 7.53. The molecule has 7 nitrogen and oxygen atoms in total. The normalized spacial score (nSPS) is 11.3. The molecule has 1 heterocycles. The van der Waals surface area contributed by atoms with Gasteiger partial charge in [-0.25, -0.2) is 9.48 Å². The van der Waals surface area contributed by atoms with E-state index in [9.17, 15) is 9.59 Å². The third kappa shape index (κ3) is 4.68. The van der Waals surface area contributed by atoms with Crippen LogP contribution in [0.1, 0.15) is 29.8 Å². The predicted molar refractivity (Wildman–Crippen MR) is 133 cm³/mol. The Kier molecular flexibility index (Phi) is 6.73. The van der Waals surface area contributed by atoms with Gasteiger partial charge < -0.3 is 9.47 Å². The lowest BCUT2D eigenvalue weighted by atomic mass is 10.0. The van der Waals surface area contributed by atoms with Gasteiger partial charge in [-0.3, -0.25) is 14.9 Å². The molecule has 3 aromatic carbocycles. The highest BCUT2D eigenvalue weighted by Crippen LogP contribution is 2.25. The number of hydrogen-bond acceptors (Lipinski definition) is 5. The fourth-order valence-electron chi connectivity index (χ4n) is 3.63. The Hall–Kier alpha value is -4.39. The van der Waals surface area contributed by atoms with Gasteiger partial charge in [0.2, 0.25) is 0 Å². The zero-order chi connectivity index (χ0) is 24.1. The molecule has 7 heteroatoms. The van der Waals surface area contributed by atoms with Crippen LogP contribution in [0.25, 0.3) is 16.9 Å². The summed E-state index contributed by atoms with van der Waals surface area (Å²) in [6, 6.07) is 23.6. The Morgan fingerprint density at radius 1 is 0.971 bits per heavy atom. The van der Waals surface area contributed by atoms with Gasteiger partial charge in [0.05, 0.1) is 47.6 Å². The largest absolute Gasteiger partial charge is 0.497 e. The Morgan fingerprint density at radius 3 is 2.26 bits per heavy atom. The maximum Gasteiger partial charge on any atom is 0.338 e. The number of aliphatic imine (C=N–C) groups is 1. The molecule has 0 aliphatic rings. The maximum absolute atomic E-state index is 13.5. The molecule has 0 atom stereocenters. The van der Waals surface area contributed by atoms with Gasteiger partial charge in [-0.15, -0.1) is 0 Å². The van der Waals surface area contributed by atoms with Gasteiger partial charge >= 0.3 is 5.97 Å². The first-order valence-electron chi connectivity index (χ1n) is 10.9. The molecule has 0 fully saturated rings. The SMILES string of the molecule is CCOC(=O)c1ccc(N=C(C)c2c(-c3ccc(OC)cc3)[nH]n(-c3ccccc3)c2=O)cc1. The first-order chi connectivity index (χ1) is 16.5. The van der Waals surface area contributed by atoms with Crippen LogP contribution in [0.15, 0.2) is 88.6 Å². The molecule has 0 aliphatic carbocycles. The fraction of sp³-hybridized carbons (Fsp3) is 0.148. The summed E-state index contributed by atoms with van der Waals surface area (Å²) in [5, 5.41) is 3.25. The first kappa shape index (κ1) is 22.8. The van der Waals surface area contributed by atoms with E-state index in [0.29, 0.717) is 34.8 Å². The minimum atomic E-state index is -0.382. The number of H-pyrrole nitrogens is 1. The van der Waals surface area contributed by atoms with Gasteiger partial charge in [-0.1, -0.05) is 18.2 Å². The number of hydrogen-bond donors (Lipinski definition) is 1. The molecule has 1 N–H and O–H groups in total. The standard InChI is InChI=1S/C27H25N3O4/c1-4-34-27(32)20-10-14-21(15-11-20)28-18(2)24-25(19-12-16-23(33-3)17-13-19)29-30(26(24)31)22-8-6-5-7-9-22/h5-17,29H,4H2,1-3H3. The van der Waals surface area contributed by atoms with Crippen LogP contribution in [0.2, 0.25) is 0 Å². The van der Waals surface area contributed by atoms with Gasteiger partial charge in [0.1, 0.15) is 5.75 Å². The van der Waals surface area contributed by atoms with Gasteiger partial charge in [0, 0.05) is 5.56 Å². The van der Waals surface area contributed by atoms with Crippen molar-refractivity contribution in [1.82, 2.24) is 9.78 Å². The van der Waals surface area contributed by atoms with Crippen molar-refractivity contribution in [3.05, 3.63) is 100 Å². The maximum atomic E-state index is 13.5. The average molecular weight is 456 g/mol. The van der Waals surface area contributed by atoms with E-state index in [1.165, 1.54) is 4.68 Å². The van der Waals surface area contributed by atoms with Crippen LogP contribution in [0, 0.1) is 0 Å². The van der Waals surface area contributed by atoms with Crippen LogP contribution in [0.3, 0.4) is 0 Å². The van der Waals surface area contributed by atoms with Crippen molar-refractivity contribution in [2.24, 2.45) is 4.99 Å². The van der Waals surface area contributed by atoms with Crippen molar-refractivity contribution in [1.29, 1.82) is 0 Å². The molecule has 0 bridgehead atoms. The number of carbonyl (C=O) groups is 1. The molecule has 172 valence electrons. The van der Waals surface area contributed by atoms with Crippen molar-refractivity contribution in [3.63, 3.8) is 0 Å². The summed E-state index contributed by atoms with van der Waals surface area (Å²) in [6.07, 6.45) is 0. The number of aromatic nitrogens is 2. The van der Waals surface area contributed by atoms with Gasteiger partial charge in [0.25, 0.3) is 5.56 Å². The van der Waals surface area contributed by atoms with Crippen LogP contribution in [-0.2, 0) is 4.74 Å². The number of benzene rings is 3. The van der Waals surface area contributed by atoms with E-state index in [0.717, 1.165) is 17.0 Å². The van der Waals surface area contributed by atoms with E-state index in [-0.39, 0.29) is 11.5 Å². The van der Waals surface area contributed by atoms with Crippen LogP contribution in [0.5, 0.6) is 5.75 Å². The summed E-state index contributed by atoms with van der Waals surface area (Å²) in [5.74, 6) is 0.343. The number of methoxy groups -OCH3 is 1. The minimum Gasteiger partial charge on any atom is -0.497 e. The van der Waals surface area contributed by atoms with Crippen molar-refractivity contribution in [3.8, 4) is 22.7 Å². The third-order valence-corrected chi connectivity index (χ3v) is 5.32. The molecule has 0 aliphatic heterocycles. The van der Waals surface area contributed by atoms with Gasteiger partial charge in [-0.2, -0.15) is 0 Å². The molecular formula is C27H25N3O4. The monoisotopic (exact) mass is 455 g/mol. The highest BCUT2D eigenvalue weighted by Gasteiger charge is 2.19. The van der Waals surface area contributed by atoms with E-state index in [1.54, 1.807) is 45.2 Å². The number of ether oxygens (including phenoxy) is 2. The Labute approximate surface area is 197 Å². The molecule has 0 spiro atoms. The molecular weight excluding hydrogens is 430 g/mol. The third-order valence-electron chi connectivity index (χ3n) is 5.32. The second-order valence-electron chi connectivity index (χ2n) is 7.53. The number of rotatable bonds is 7. The smallest absolute Gasteiger partial charge is 0.338 e. The lowest BCUT2D eigenvalue weighted by molar-refractivity contribution is 0.0526. The first-order valence-corrected chi connectivity index (χ1v) is 10.9. The number of para-hydroxylation sites is 1. The quantitative estimate of drug-likeness (QED) is 0.308. The molecule has 0 amide bonds. The van der Waals surface area contributed by atoms with E-state index >= 15 is 0 Å². The van der Waals surface area contributed by atoms with Gasteiger partial charge in [-0.05, 0) is 74.5 Å². The van der Waals surface area contributed by atoms with Crippen LogP contribution in [-0.4, -0.2) is 35.2 Å². The summed E-state index contributed by atoms with van der Waals surface area (Å²) in [7, 11) is 1.61. The van der Waals surface area contributed by atoms with Crippen molar-refractivity contribution in [2.75, 3.05) is 13.7 Å². The highest BCUT2D eigenvalue weighted by molar-refractivity contribution is 6.05. The van der Waals surface area contributed by atoms with Crippen LogP contribution in [0.4, 0.5) is 5.69 Å². The lowest BCUT2D eigenvalue weighted by Crippen LogP contribution is -2.19. The van der Waals surface area contributed by atoms with E-state index in [2.05, 4.69) is 10.1 Å². The number of aromatic amines is 1. The van der Waals surface area contributed by atoms with Crippen molar-refractivity contribution in [2.45, 2.75) is 13.8 Å². The molecule has 0 radical (unpaired) electrons. The van der Waals surface area contributed by atoms with E-state index in [1.807, 2.05) is 54.6 Å². The fourth-order valence-corrected chi connectivity index (χ4v) is 3.63. The zero-order valence-electron chi connectivity index (χ0n) is 19.2. The summed E-state index contributed by atoms with van der Waals surface area (Å²) in [5.41, 5.74) is 4.08.